The summed E-state index contributed by atoms with van der Waals surface area (Å²) in [6.07, 6.45) is -3.81. The summed E-state index contributed by atoms with van der Waals surface area (Å²) in [5, 5.41) is 2.41. The lowest BCUT2D eigenvalue weighted by Gasteiger charge is -2.10. The second kappa shape index (κ2) is 6.13. The number of rotatable bonds is 3. The van der Waals surface area contributed by atoms with E-state index >= 15 is 0 Å². The lowest BCUT2D eigenvalue weighted by atomic mass is 10.2. The van der Waals surface area contributed by atoms with Gasteiger partial charge >= 0.3 is 6.18 Å². The summed E-state index contributed by atoms with van der Waals surface area (Å²) in [5.74, 6) is -0.353. The quantitative estimate of drug-likeness (QED) is 0.939. The van der Waals surface area contributed by atoms with E-state index in [1.165, 1.54) is 0 Å². The molecule has 0 fully saturated rings. The van der Waals surface area contributed by atoms with Crippen molar-refractivity contribution in [3.05, 3.63) is 64.4 Å². The number of nitrogens with one attached hydrogen (secondary N) is 1. The van der Waals surface area contributed by atoms with E-state index in [-0.39, 0.29) is 23.2 Å². The van der Waals surface area contributed by atoms with Crippen molar-refractivity contribution in [2.45, 2.75) is 12.7 Å². The van der Waals surface area contributed by atoms with Crippen molar-refractivity contribution in [2.75, 3.05) is 0 Å². The Morgan fingerprint density at radius 1 is 1.24 bits per heavy atom. The molecule has 1 heterocycles. The average molecular weight is 315 g/mol. The molecule has 0 saturated carbocycles. The van der Waals surface area contributed by atoms with Gasteiger partial charge in [-0.15, -0.1) is 0 Å². The second-order valence-electron chi connectivity index (χ2n) is 4.20. The minimum Gasteiger partial charge on any atom is -0.346 e. The van der Waals surface area contributed by atoms with Crippen LogP contribution in [0.4, 0.5) is 13.2 Å². The van der Waals surface area contributed by atoms with E-state index in [1.807, 2.05) is 0 Å². The normalized spacial score (nSPS) is 11.2. The minimum absolute atomic E-state index is 0.0509. The van der Waals surface area contributed by atoms with Crippen molar-refractivity contribution < 1.29 is 18.0 Å². The fourth-order valence-corrected chi connectivity index (χ4v) is 1.84. The second-order valence-corrected chi connectivity index (χ2v) is 4.61. The number of carbonyl (C=O) groups is 1. The van der Waals surface area contributed by atoms with E-state index in [0.29, 0.717) is 11.8 Å². The lowest BCUT2D eigenvalue weighted by molar-refractivity contribution is -0.137. The molecule has 0 aliphatic rings. The van der Waals surface area contributed by atoms with Gasteiger partial charge in [0, 0.05) is 11.8 Å². The summed E-state index contributed by atoms with van der Waals surface area (Å²) >= 11 is 5.75. The monoisotopic (exact) mass is 314 g/mol. The van der Waals surface area contributed by atoms with Gasteiger partial charge in [0.25, 0.3) is 5.91 Å². The molecule has 0 aliphatic carbocycles. The van der Waals surface area contributed by atoms with Crippen molar-refractivity contribution >= 4 is 17.5 Å². The number of halogens is 4. The third kappa shape index (κ3) is 3.95. The first-order valence-electron chi connectivity index (χ1n) is 5.93. The van der Waals surface area contributed by atoms with Gasteiger partial charge in [0.1, 0.15) is 0 Å². The molecule has 2 rings (SSSR count). The third-order valence-corrected chi connectivity index (χ3v) is 3.02. The Morgan fingerprint density at radius 3 is 2.48 bits per heavy atom. The van der Waals surface area contributed by atoms with Crippen LogP contribution in [0.15, 0.2) is 42.6 Å². The molecule has 0 atom stereocenters. The third-order valence-electron chi connectivity index (χ3n) is 2.70. The molecule has 21 heavy (non-hydrogen) atoms. The van der Waals surface area contributed by atoms with Crippen LogP contribution in [0.25, 0.3) is 0 Å². The highest BCUT2D eigenvalue weighted by Gasteiger charge is 2.31. The zero-order chi connectivity index (χ0) is 15.5. The molecule has 3 nitrogen and oxygen atoms in total. The van der Waals surface area contributed by atoms with Gasteiger partial charge in [-0.2, -0.15) is 13.2 Å². The van der Waals surface area contributed by atoms with Crippen LogP contribution in [-0.2, 0) is 12.7 Å². The first-order chi connectivity index (χ1) is 9.88. The zero-order valence-corrected chi connectivity index (χ0v) is 11.4. The average Bonchev–Trinajstić information content (AvgIpc) is 2.45. The van der Waals surface area contributed by atoms with Crippen LogP contribution in [0.3, 0.4) is 0 Å². The van der Waals surface area contributed by atoms with Crippen LogP contribution in [-0.4, -0.2) is 10.9 Å². The van der Waals surface area contributed by atoms with Crippen LogP contribution < -0.4 is 5.32 Å². The molecular weight excluding hydrogens is 305 g/mol. The number of alkyl halides is 3. The molecular formula is C14H10ClF3N2O. The first-order valence-corrected chi connectivity index (χ1v) is 6.30. The molecule has 0 radical (unpaired) electrons. The molecule has 1 aromatic carbocycles. The van der Waals surface area contributed by atoms with E-state index in [9.17, 15) is 18.0 Å². The molecule has 1 N–H and O–H groups in total. The molecule has 7 heteroatoms. The van der Waals surface area contributed by atoms with Crippen molar-refractivity contribution in [3.8, 4) is 0 Å². The van der Waals surface area contributed by atoms with Gasteiger partial charge in [-0.25, -0.2) is 0 Å². The molecule has 0 aliphatic heterocycles. The van der Waals surface area contributed by atoms with Crippen molar-refractivity contribution in [1.29, 1.82) is 0 Å². The maximum atomic E-state index is 12.5. The highest BCUT2D eigenvalue weighted by atomic mass is 35.5. The van der Waals surface area contributed by atoms with Crippen molar-refractivity contribution in [3.63, 3.8) is 0 Å². The first kappa shape index (κ1) is 15.3. The van der Waals surface area contributed by atoms with Crippen molar-refractivity contribution in [1.82, 2.24) is 10.3 Å². The largest absolute Gasteiger partial charge is 0.417 e. The van der Waals surface area contributed by atoms with Gasteiger partial charge in [0.15, 0.2) is 0 Å². The number of hydrogen-bond acceptors (Lipinski definition) is 2. The molecule has 0 unspecified atom stereocenters. The standard InChI is InChI=1S/C14H10ClF3N2O/c15-11-6-10(14(16,17)18)7-19-12(11)8-20-13(21)9-4-2-1-3-5-9/h1-7H,8H2,(H,20,21). The Balaban J connectivity index is 2.06. The zero-order valence-electron chi connectivity index (χ0n) is 10.6. The van der Waals surface area contributed by atoms with Gasteiger partial charge in [0.05, 0.1) is 22.8 Å². The highest BCUT2D eigenvalue weighted by Crippen LogP contribution is 2.30. The van der Waals surface area contributed by atoms with Crippen LogP contribution in [0.1, 0.15) is 21.6 Å². The fourth-order valence-electron chi connectivity index (χ4n) is 1.61. The fraction of sp³-hybridized carbons (Fsp3) is 0.143. The number of aromatic nitrogens is 1. The number of benzene rings is 1. The minimum atomic E-state index is -4.50. The van der Waals surface area contributed by atoms with Gasteiger partial charge in [-0.3, -0.25) is 9.78 Å². The Morgan fingerprint density at radius 2 is 1.90 bits per heavy atom. The van der Waals surface area contributed by atoms with E-state index in [0.717, 1.165) is 6.07 Å². The Bertz CT molecular complexity index is 644. The summed E-state index contributed by atoms with van der Waals surface area (Å²) in [5.41, 5.74) is -0.305. The van der Waals surface area contributed by atoms with Crippen LogP contribution >= 0.6 is 11.6 Å². The van der Waals surface area contributed by atoms with Crippen molar-refractivity contribution in [2.24, 2.45) is 0 Å². The van der Waals surface area contributed by atoms with Gasteiger partial charge < -0.3 is 5.32 Å². The summed E-state index contributed by atoms with van der Waals surface area (Å²) in [6, 6.07) is 9.22. The van der Waals surface area contributed by atoms with Gasteiger partial charge in [-0.05, 0) is 18.2 Å². The lowest BCUT2D eigenvalue weighted by Crippen LogP contribution is -2.23. The Hall–Kier alpha value is -2.08. The predicted octanol–water partition coefficient (Wildman–Crippen LogP) is 3.68. The number of carbonyl (C=O) groups excluding carboxylic acids is 1. The molecule has 1 amide bonds. The van der Waals surface area contributed by atoms with E-state index in [2.05, 4.69) is 10.3 Å². The Kier molecular flexibility index (Phi) is 4.47. The van der Waals surface area contributed by atoms with E-state index in [4.69, 9.17) is 11.6 Å². The number of nitrogens with zero attached hydrogens (tertiary/aromatic N) is 1. The molecule has 2 aromatic rings. The SMILES string of the molecule is O=C(NCc1ncc(C(F)(F)F)cc1Cl)c1ccccc1. The van der Waals surface area contributed by atoms with Crippen LogP contribution in [0.5, 0.6) is 0 Å². The summed E-state index contributed by atoms with van der Waals surface area (Å²) < 4.78 is 37.4. The van der Waals surface area contributed by atoms with Gasteiger partial charge in [0.2, 0.25) is 0 Å². The van der Waals surface area contributed by atoms with E-state index in [1.54, 1.807) is 30.3 Å². The molecule has 0 saturated heterocycles. The number of hydrogen-bond donors (Lipinski definition) is 1. The maximum absolute atomic E-state index is 12.5. The van der Waals surface area contributed by atoms with E-state index < -0.39 is 11.7 Å². The molecule has 0 bridgehead atoms. The number of pyridine rings is 1. The van der Waals surface area contributed by atoms with Crippen LogP contribution in [0.2, 0.25) is 5.02 Å². The molecule has 110 valence electrons. The summed E-state index contributed by atoms with van der Waals surface area (Å²) in [6.45, 7) is -0.0509. The highest BCUT2D eigenvalue weighted by molar-refractivity contribution is 6.31. The summed E-state index contributed by atoms with van der Waals surface area (Å²) in [7, 11) is 0. The molecule has 1 aromatic heterocycles. The number of amides is 1. The van der Waals surface area contributed by atoms with Gasteiger partial charge in [-0.1, -0.05) is 29.8 Å². The van der Waals surface area contributed by atoms with Crippen LogP contribution in [0, 0.1) is 0 Å². The smallest absolute Gasteiger partial charge is 0.346 e. The Labute approximate surface area is 123 Å². The maximum Gasteiger partial charge on any atom is 0.417 e. The topological polar surface area (TPSA) is 42.0 Å². The predicted molar refractivity (Wildman–Crippen MR) is 71.9 cm³/mol. The molecule has 0 spiro atoms. The summed E-state index contributed by atoms with van der Waals surface area (Å²) in [4.78, 5) is 15.4.